The summed E-state index contributed by atoms with van der Waals surface area (Å²) in [6.07, 6.45) is 57.9. The van der Waals surface area contributed by atoms with Crippen molar-refractivity contribution in [2.45, 2.75) is 193 Å². The number of hydrogen-bond acceptors (Lipinski definition) is 5. The van der Waals surface area contributed by atoms with Gasteiger partial charge in [-0.2, -0.15) is 0 Å². The van der Waals surface area contributed by atoms with Crippen LogP contribution in [0.3, 0.4) is 0 Å². The van der Waals surface area contributed by atoms with Gasteiger partial charge in [-0.1, -0.05) is 189 Å². The van der Waals surface area contributed by atoms with Gasteiger partial charge in [0, 0.05) is 6.42 Å². The number of aliphatic hydroxyl groups is 1. The van der Waals surface area contributed by atoms with Gasteiger partial charge in [0.2, 0.25) is 5.91 Å². The number of phosphoric acid groups is 1. The smallest absolute Gasteiger partial charge is 0.387 e. The standard InChI is InChI=1S/C51H91N2O6P/c1-6-8-10-12-14-16-18-20-22-23-24-25-26-27-28-29-31-33-35-37-39-41-43-45-51(55)52-49(48-59-60(56,57)58-47-46-53(3,4)5)50(54)44-42-40-38-36-34-32-30-21-19-17-15-13-11-9-7-2/h8,10,14,16,20,22,24-25,27-28,31,33,42,44,49-50,54H,6-7,9,11-13,15,17-19,21,23,26,29-30,32,34-41,43,45-48H2,1-5H3,(H-,52,55,56,57)/p+1/b10-8-,16-14-,22-20-,25-24-,28-27-,33-31-,44-42+. The van der Waals surface area contributed by atoms with E-state index in [2.05, 4.69) is 92.1 Å². The Morgan fingerprint density at radius 3 is 1.47 bits per heavy atom. The summed E-state index contributed by atoms with van der Waals surface area (Å²) in [4.78, 5) is 23.2. The third-order valence-corrected chi connectivity index (χ3v) is 11.1. The summed E-state index contributed by atoms with van der Waals surface area (Å²) in [5.41, 5.74) is 0. The molecule has 0 bridgehead atoms. The number of unbranched alkanes of at least 4 members (excludes halogenated alkanes) is 17. The molecule has 0 saturated carbocycles. The van der Waals surface area contributed by atoms with Gasteiger partial charge in [-0.15, -0.1) is 0 Å². The highest BCUT2D eigenvalue weighted by atomic mass is 31.2. The monoisotopic (exact) mass is 860 g/mol. The topological polar surface area (TPSA) is 105 Å². The van der Waals surface area contributed by atoms with Crippen LogP contribution in [0.25, 0.3) is 0 Å². The van der Waals surface area contributed by atoms with Gasteiger partial charge < -0.3 is 19.8 Å². The van der Waals surface area contributed by atoms with Crippen LogP contribution in [0.5, 0.6) is 0 Å². The fourth-order valence-corrected chi connectivity index (χ4v) is 7.07. The number of quaternary nitrogens is 1. The van der Waals surface area contributed by atoms with Crippen molar-refractivity contribution in [1.82, 2.24) is 5.32 Å². The zero-order valence-electron chi connectivity index (χ0n) is 39.2. The van der Waals surface area contributed by atoms with E-state index in [1.807, 2.05) is 27.2 Å². The fraction of sp³-hybridized carbons (Fsp3) is 0.706. The molecule has 3 atom stereocenters. The van der Waals surface area contributed by atoms with Gasteiger partial charge >= 0.3 is 7.82 Å². The van der Waals surface area contributed by atoms with Crippen LogP contribution in [0.4, 0.5) is 0 Å². The van der Waals surface area contributed by atoms with Gasteiger partial charge in [0.1, 0.15) is 13.2 Å². The predicted octanol–water partition coefficient (Wildman–Crippen LogP) is 13.7. The molecule has 0 heterocycles. The van der Waals surface area contributed by atoms with Gasteiger partial charge in [-0.05, 0) is 70.6 Å². The molecule has 60 heavy (non-hydrogen) atoms. The van der Waals surface area contributed by atoms with Crippen LogP contribution in [0.15, 0.2) is 85.1 Å². The minimum atomic E-state index is -4.35. The summed E-state index contributed by atoms with van der Waals surface area (Å²) in [7, 11) is 1.54. The average molecular weight is 860 g/mol. The van der Waals surface area contributed by atoms with E-state index in [-0.39, 0.29) is 19.1 Å². The highest BCUT2D eigenvalue weighted by Gasteiger charge is 2.27. The molecule has 0 radical (unpaired) electrons. The zero-order chi connectivity index (χ0) is 44.3. The highest BCUT2D eigenvalue weighted by Crippen LogP contribution is 2.43. The molecule has 346 valence electrons. The molecule has 1 amide bonds. The first-order chi connectivity index (χ1) is 29.0. The van der Waals surface area contributed by atoms with E-state index in [1.54, 1.807) is 6.08 Å². The lowest BCUT2D eigenvalue weighted by molar-refractivity contribution is -0.870. The number of nitrogens with one attached hydrogen (secondary N) is 1. The molecule has 0 aliphatic carbocycles. The Balaban J connectivity index is 4.44. The van der Waals surface area contributed by atoms with E-state index < -0.39 is 20.0 Å². The summed E-state index contributed by atoms with van der Waals surface area (Å²) in [6.45, 7) is 4.66. The van der Waals surface area contributed by atoms with E-state index in [0.717, 1.165) is 89.9 Å². The van der Waals surface area contributed by atoms with Crippen LogP contribution in [-0.2, 0) is 18.4 Å². The van der Waals surface area contributed by atoms with E-state index in [1.165, 1.54) is 70.6 Å². The second kappa shape index (κ2) is 42.0. The Kier molecular flexibility index (Phi) is 40.4. The highest BCUT2D eigenvalue weighted by molar-refractivity contribution is 7.47. The molecule has 0 aliphatic rings. The summed E-state index contributed by atoms with van der Waals surface area (Å²) < 4.78 is 23.6. The van der Waals surface area contributed by atoms with Crippen molar-refractivity contribution in [3.8, 4) is 0 Å². The van der Waals surface area contributed by atoms with Crippen LogP contribution in [-0.4, -0.2) is 73.4 Å². The van der Waals surface area contributed by atoms with Crippen LogP contribution < -0.4 is 5.32 Å². The van der Waals surface area contributed by atoms with Crippen molar-refractivity contribution in [1.29, 1.82) is 0 Å². The van der Waals surface area contributed by atoms with Crippen molar-refractivity contribution in [2.24, 2.45) is 0 Å². The maximum absolute atomic E-state index is 12.9. The first-order valence-corrected chi connectivity index (χ1v) is 25.5. The normalized spacial score (nSPS) is 15.0. The van der Waals surface area contributed by atoms with Gasteiger partial charge in [0.15, 0.2) is 0 Å². The third-order valence-electron chi connectivity index (χ3n) is 10.1. The van der Waals surface area contributed by atoms with Crippen LogP contribution in [0.2, 0.25) is 0 Å². The number of nitrogens with zero attached hydrogens (tertiary/aromatic N) is 1. The van der Waals surface area contributed by atoms with E-state index in [0.29, 0.717) is 17.4 Å². The van der Waals surface area contributed by atoms with Gasteiger partial charge in [-0.3, -0.25) is 13.8 Å². The molecule has 8 nitrogen and oxygen atoms in total. The van der Waals surface area contributed by atoms with Crippen molar-refractivity contribution < 1.29 is 32.9 Å². The number of allylic oxidation sites excluding steroid dienone is 13. The molecule has 0 fully saturated rings. The number of carbonyl (C=O) groups is 1. The van der Waals surface area contributed by atoms with Gasteiger partial charge in [0.25, 0.3) is 0 Å². The van der Waals surface area contributed by atoms with Crippen molar-refractivity contribution in [2.75, 3.05) is 40.9 Å². The molecule has 0 aliphatic heterocycles. The molecule has 0 saturated heterocycles. The summed E-state index contributed by atoms with van der Waals surface area (Å²) in [5.74, 6) is -0.205. The molecular formula is C51H92N2O6P+. The predicted molar refractivity (Wildman–Crippen MR) is 258 cm³/mol. The van der Waals surface area contributed by atoms with Crippen molar-refractivity contribution >= 4 is 13.7 Å². The molecule has 3 unspecified atom stereocenters. The Morgan fingerprint density at radius 1 is 0.583 bits per heavy atom. The molecule has 3 N–H and O–H groups in total. The zero-order valence-corrected chi connectivity index (χ0v) is 40.1. The first-order valence-electron chi connectivity index (χ1n) is 24.0. The van der Waals surface area contributed by atoms with Crippen LogP contribution >= 0.6 is 7.82 Å². The van der Waals surface area contributed by atoms with Crippen LogP contribution in [0, 0.1) is 0 Å². The van der Waals surface area contributed by atoms with Crippen molar-refractivity contribution in [3.05, 3.63) is 85.1 Å². The second-order valence-electron chi connectivity index (χ2n) is 17.1. The summed E-state index contributed by atoms with van der Waals surface area (Å²) in [5, 5.41) is 13.8. The SMILES string of the molecule is CC/C=C\C/C=C\C/C=C\C/C=C\C/C=C\C/C=C\CCCCCCC(=O)NC(COP(=O)(O)OCC[N+](C)(C)C)C(O)/C=C/CCCCCCCCCCCCCCC. The van der Waals surface area contributed by atoms with Crippen molar-refractivity contribution in [3.63, 3.8) is 0 Å². The Morgan fingerprint density at radius 2 is 1.00 bits per heavy atom. The minimum Gasteiger partial charge on any atom is -0.387 e. The number of aliphatic hydroxyl groups excluding tert-OH is 1. The lowest BCUT2D eigenvalue weighted by Crippen LogP contribution is -2.45. The molecule has 9 heteroatoms. The van der Waals surface area contributed by atoms with Crippen LogP contribution in [0.1, 0.15) is 181 Å². The fourth-order valence-electron chi connectivity index (χ4n) is 6.34. The molecule has 0 spiro atoms. The van der Waals surface area contributed by atoms with E-state index in [9.17, 15) is 19.4 Å². The number of carbonyl (C=O) groups excluding carboxylic acids is 1. The summed E-state index contributed by atoms with van der Waals surface area (Å²) >= 11 is 0. The number of phosphoric ester groups is 1. The number of likely N-dealkylation sites (N-methyl/N-ethyl adjacent to an activating group) is 1. The van der Waals surface area contributed by atoms with Gasteiger partial charge in [-0.25, -0.2) is 4.57 Å². The molecule has 0 aromatic carbocycles. The average Bonchev–Trinajstić information content (AvgIpc) is 3.20. The second-order valence-corrected chi connectivity index (χ2v) is 18.6. The van der Waals surface area contributed by atoms with E-state index >= 15 is 0 Å². The lowest BCUT2D eigenvalue weighted by atomic mass is 10.0. The number of hydrogen-bond donors (Lipinski definition) is 3. The molecular weight excluding hydrogens is 768 g/mol. The van der Waals surface area contributed by atoms with E-state index in [4.69, 9.17) is 9.05 Å². The molecule has 0 rings (SSSR count). The number of amides is 1. The maximum atomic E-state index is 12.9. The number of rotatable bonds is 42. The molecule has 0 aromatic rings. The Hall–Kier alpha value is -2.32. The lowest BCUT2D eigenvalue weighted by Gasteiger charge is -2.25. The first kappa shape index (κ1) is 57.7. The minimum absolute atomic E-state index is 0.0516. The Labute approximate surface area is 369 Å². The van der Waals surface area contributed by atoms with Gasteiger partial charge in [0.05, 0.1) is 39.9 Å². The quantitative estimate of drug-likeness (QED) is 0.0244. The maximum Gasteiger partial charge on any atom is 0.472 e. The Bertz CT molecular complexity index is 1250. The largest absolute Gasteiger partial charge is 0.472 e. The third kappa shape index (κ3) is 43.8. The molecule has 0 aromatic heterocycles. The summed E-state index contributed by atoms with van der Waals surface area (Å²) in [6, 6.07) is -0.865.